The smallest absolute Gasteiger partial charge is 0.115 e. The van der Waals surface area contributed by atoms with Crippen molar-refractivity contribution in [3.8, 4) is 0 Å². The van der Waals surface area contributed by atoms with E-state index in [-0.39, 0.29) is 23.0 Å². The quantitative estimate of drug-likeness (QED) is 0.602. The first-order valence-corrected chi connectivity index (χ1v) is 8.63. The van der Waals surface area contributed by atoms with E-state index in [2.05, 4.69) is 26.0 Å². The van der Waals surface area contributed by atoms with Crippen LogP contribution in [-0.4, -0.2) is 22.4 Å². The highest BCUT2D eigenvalue weighted by Gasteiger charge is 2.56. The van der Waals surface area contributed by atoms with Crippen LogP contribution in [0.4, 0.5) is 0 Å². The average Bonchev–Trinajstić information content (AvgIpc) is 2.77. The summed E-state index contributed by atoms with van der Waals surface area (Å²) in [6.45, 7) is 4.51. The molecule has 0 aromatic heterocycles. The molecule has 120 valence electrons. The highest BCUT2D eigenvalue weighted by molar-refractivity contribution is 5.45. The minimum absolute atomic E-state index is 0.00763. The fraction of sp³-hybridized carbons (Fsp3) is 0.684. The minimum atomic E-state index is -0.229. The van der Waals surface area contributed by atoms with Crippen molar-refractivity contribution in [3.05, 3.63) is 35.1 Å². The zero-order chi connectivity index (χ0) is 15.7. The molecule has 0 amide bonds. The predicted molar refractivity (Wildman–Crippen MR) is 87.1 cm³/mol. The second kappa shape index (κ2) is 4.48. The second-order valence-electron chi connectivity index (χ2n) is 8.26. The lowest BCUT2D eigenvalue weighted by molar-refractivity contribution is 0.0108. The monoisotopic (exact) mass is 301 g/mol. The van der Waals surface area contributed by atoms with E-state index in [9.17, 15) is 10.2 Å². The van der Waals surface area contributed by atoms with Crippen LogP contribution in [0.3, 0.4) is 0 Å². The van der Waals surface area contributed by atoms with Crippen molar-refractivity contribution < 1.29 is 10.2 Å². The molecule has 4 aliphatic carbocycles. The van der Waals surface area contributed by atoms with E-state index in [1.54, 1.807) is 0 Å². The third-order valence-corrected chi connectivity index (χ3v) is 7.18. The van der Waals surface area contributed by atoms with E-state index >= 15 is 0 Å². The van der Waals surface area contributed by atoms with E-state index in [1.165, 1.54) is 11.1 Å². The van der Waals surface area contributed by atoms with E-state index in [1.807, 2.05) is 6.08 Å². The topological polar surface area (TPSA) is 66.5 Å². The first-order valence-electron chi connectivity index (χ1n) is 8.63. The number of hydrogen-bond donors (Lipinski definition) is 3. The van der Waals surface area contributed by atoms with E-state index < -0.39 is 0 Å². The third kappa shape index (κ3) is 1.70. The van der Waals surface area contributed by atoms with Crippen molar-refractivity contribution in [2.24, 2.45) is 28.4 Å². The van der Waals surface area contributed by atoms with Crippen LogP contribution in [0.5, 0.6) is 0 Å². The molecule has 6 atom stereocenters. The van der Waals surface area contributed by atoms with Crippen LogP contribution in [0.2, 0.25) is 0 Å². The Morgan fingerprint density at radius 3 is 2.73 bits per heavy atom. The van der Waals surface area contributed by atoms with Gasteiger partial charge in [0.1, 0.15) is 5.76 Å². The van der Waals surface area contributed by atoms with Gasteiger partial charge in [0.2, 0.25) is 0 Å². The fourth-order valence-electron chi connectivity index (χ4n) is 5.68. The van der Waals surface area contributed by atoms with Gasteiger partial charge in [0.25, 0.3) is 0 Å². The number of hydrogen-bond acceptors (Lipinski definition) is 3. The number of nitrogens with two attached hydrogens (primary N) is 1. The number of fused-ring (bicyclic) bond motifs is 5. The Balaban J connectivity index is 1.83. The molecule has 22 heavy (non-hydrogen) atoms. The summed E-state index contributed by atoms with van der Waals surface area (Å²) in [5, 5.41) is 21.2. The summed E-state index contributed by atoms with van der Waals surface area (Å²) < 4.78 is 0. The Morgan fingerprint density at radius 1 is 1.18 bits per heavy atom. The lowest BCUT2D eigenvalue weighted by atomic mass is 9.52. The molecule has 0 bridgehead atoms. The van der Waals surface area contributed by atoms with E-state index in [0.29, 0.717) is 17.6 Å². The van der Waals surface area contributed by atoms with Crippen LogP contribution >= 0.6 is 0 Å². The van der Waals surface area contributed by atoms with Crippen molar-refractivity contribution in [1.82, 2.24) is 0 Å². The molecule has 0 unspecified atom stereocenters. The molecule has 0 aromatic rings. The first kappa shape index (κ1) is 14.5. The molecule has 4 rings (SSSR count). The van der Waals surface area contributed by atoms with Crippen LogP contribution in [0, 0.1) is 22.7 Å². The second-order valence-corrected chi connectivity index (χ2v) is 8.26. The van der Waals surface area contributed by atoms with Gasteiger partial charge in [-0.3, -0.25) is 0 Å². The van der Waals surface area contributed by atoms with Gasteiger partial charge in [0, 0.05) is 16.9 Å². The lowest BCUT2D eigenvalue weighted by Gasteiger charge is -2.52. The summed E-state index contributed by atoms with van der Waals surface area (Å²) in [4.78, 5) is 0. The lowest BCUT2D eigenvalue weighted by Crippen LogP contribution is -2.46. The number of aliphatic hydroxyl groups is 2. The molecule has 0 aromatic carbocycles. The molecule has 2 fully saturated rings. The van der Waals surface area contributed by atoms with E-state index in [0.717, 1.165) is 32.1 Å². The highest BCUT2D eigenvalue weighted by atomic mass is 16.3. The van der Waals surface area contributed by atoms with Crippen molar-refractivity contribution in [2.75, 3.05) is 0 Å². The molecule has 4 aliphatic rings. The van der Waals surface area contributed by atoms with Gasteiger partial charge in [0.05, 0.1) is 6.10 Å². The molecule has 2 saturated carbocycles. The van der Waals surface area contributed by atoms with Gasteiger partial charge >= 0.3 is 0 Å². The molecule has 0 aliphatic heterocycles. The molecule has 0 spiro atoms. The molecule has 3 nitrogen and oxygen atoms in total. The molecule has 0 saturated heterocycles. The summed E-state index contributed by atoms with van der Waals surface area (Å²) in [6, 6.07) is 0.0656. The summed E-state index contributed by atoms with van der Waals surface area (Å²) in [6.07, 6.45) is 10.9. The Morgan fingerprint density at radius 2 is 1.95 bits per heavy atom. The summed E-state index contributed by atoms with van der Waals surface area (Å²) >= 11 is 0. The molecule has 0 heterocycles. The maximum Gasteiger partial charge on any atom is 0.115 e. The van der Waals surface area contributed by atoms with Crippen molar-refractivity contribution in [3.63, 3.8) is 0 Å². The largest absolute Gasteiger partial charge is 0.508 e. The van der Waals surface area contributed by atoms with E-state index in [4.69, 9.17) is 5.73 Å². The van der Waals surface area contributed by atoms with Gasteiger partial charge in [-0.1, -0.05) is 31.6 Å². The van der Waals surface area contributed by atoms with Gasteiger partial charge < -0.3 is 15.9 Å². The molecule has 0 radical (unpaired) electrons. The fourth-order valence-corrected chi connectivity index (χ4v) is 5.68. The number of rotatable bonds is 0. The van der Waals surface area contributed by atoms with Crippen LogP contribution in [-0.2, 0) is 0 Å². The Labute approximate surface area is 132 Å². The maximum absolute atomic E-state index is 10.7. The molecule has 3 heteroatoms. The van der Waals surface area contributed by atoms with Crippen LogP contribution < -0.4 is 5.73 Å². The van der Waals surface area contributed by atoms with Gasteiger partial charge in [-0.15, -0.1) is 0 Å². The van der Waals surface area contributed by atoms with Gasteiger partial charge in [-0.05, 0) is 55.6 Å². The molecule has 4 N–H and O–H groups in total. The van der Waals surface area contributed by atoms with Gasteiger partial charge in [-0.25, -0.2) is 0 Å². The molecular weight excluding hydrogens is 274 g/mol. The van der Waals surface area contributed by atoms with Crippen molar-refractivity contribution in [2.45, 2.75) is 58.1 Å². The van der Waals surface area contributed by atoms with Gasteiger partial charge in [-0.2, -0.15) is 0 Å². The summed E-state index contributed by atoms with van der Waals surface area (Å²) in [5.41, 5.74) is 8.49. The average molecular weight is 301 g/mol. The number of allylic oxidation sites excluding steroid dienone is 3. The zero-order valence-corrected chi connectivity index (χ0v) is 13.5. The Hall–Kier alpha value is -1.06. The summed E-state index contributed by atoms with van der Waals surface area (Å²) in [5.74, 6) is 1.14. The highest BCUT2D eigenvalue weighted by Crippen LogP contribution is 2.63. The van der Waals surface area contributed by atoms with Crippen molar-refractivity contribution >= 4 is 0 Å². The SMILES string of the molecule is C[C@]12CC[C@H]3C(=C(O)C=C4C[C@@H](N)C=C[C@@]43C)[C@@H]1CC[C@@H]2O. The van der Waals surface area contributed by atoms with Gasteiger partial charge in [0.15, 0.2) is 0 Å². The minimum Gasteiger partial charge on any atom is -0.508 e. The first-order chi connectivity index (χ1) is 10.4. The Bertz CT molecular complexity index is 605. The zero-order valence-electron chi connectivity index (χ0n) is 13.5. The standard InChI is InChI=1S/C19H27NO2/c1-18-7-5-12(20)9-11(18)10-15(21)17-13-3-4-16(22)19(13,2)8-6-14(17)18/h5,7,10,12-14,16,21-22H,3-4,6,8-9,20H2,1-2H3/t12-,13-,14-,16-,18-,19-/m0/s1. The number of aliphatic hydroxyl groups excluding tert-OH is 2. The maximum atomic E-state index is 10.7. The van der Waals surface area contributed by atoms with Crippen LogP contribution in [0.15, 0.2) is 35.1 Å². The summed E-state index contributed by atoms with van der Waals surface area (Å²) in [7, 11) is 0. The van der Waals surface area contributed by atoms with Crippen LogP contribution in [0.25, 0.3) is 0 Å². The predicted octanol–water partition coefficient (Wildman–Crippen LogP) is 3.22. The molecular formula is C19H27NO2. The van der Waals surface area contributed by atoms with Crippen molar-refractivity contribution in [1.29, 1.82) is 0 Å². The normalized spacial score (nSPS) is 50.3. The van der Waals surface area contributed by atoms with Crippen LogP contribution in [0.1, 0.15) is 46.0 Å². The third-order valence-electron chi connectivity index (χ3n) is 7.18. The Kier molecular flexibility index (Phi) is 2.96.